The van der Waals surface area contributed by atoms with E-state index in [0.717, 1.165) is 11.0 Å². The Kier molecular flexibility index (Phi) is 9.85. The summed E-state index contributed by atoms with van der Waals surface area (Å²) in [5, 5.41) is 2.80. The van der Waals surface area contributed by atoms with E-state index in [4.69, 9.17) is 5.73 Å². The number of likely N-dealkylation sites (tertiary alicyclic amines) is 1. The predicted octanol–water partition coefficient (Wildman–Crippen LogP) is 4.19. The highest BCUT2D eigenvalue weighted by molar-refractivity contribution is 6.18. The number of halogens is 6. The third-order valence-electron chi connectivity index (χ3n) is 5.70. The number of amides is 1. The predicted molar refractivity (Wildman–Crippen MR) is 127 cm³/mol. The van der Waals surface area contributed by atoms with Crippen LogP contribution in [0.1, 0.15) is 25.8 Å². The van der Waals surface area contributed by atoms with Crippen molar-refractivity contribution in [2.75, 3.05) is 26.8 Å². The average molecular weight is 518 g/mol. The Morgan fingerprint density at radius 2 is 1.89 bits per heavy atom. The fraction of sp³-hybridized carbons (Fsp3) is 0.458. The van der Waals surface area contributed by atoms with Gasteiger partial charge in [-0.05, 0) is 30.5 Å². The molecule has 198 valence electrons. The molecule has 1 amide bonds. The summed E-state index contributed by atoms with van der Waals surface area (Å²) in [4.78, 5) is 21.8. The molecule has 1 aliphatic rings. The zero-order chi connectivity index (χ0) is 27.1. The van der Waals surface area contributed by atoms with Gasteiger partial charge in [0.2, 0.25) is 0 Å². The maximum absolute atomic E-state index is 14.4. The molecule has 1 aromatic rings. The Morgan fingerprint density at radius 1 is 1.25 bits per heavy atom. The highest BCUT2D eigenvalue weighted by Gasteiger charge is 2.46. The van der Waals surface area contributed by atoms with E-state index in [2.05, 4.69) is 15.3 Å². The first-order valence-electron chi connectivity index (χ1n) is 11.1. The summed E-state index contributed by atoms with van der Waals surface area (Å²) in [6.07, 6.45) is -2.18. The monoisotopic (exact) mass is 517 g/mol. The topological polar surface area (TPSA) is 83.1 Å². The van der Waals surface area contributed by atoms with Crippen LogP contribution in [0.2, 0.25) is 0 Å². The van der Waals surface area contributed by atoms with E-state index in [0.29, 0.717) is 11.8 Å². The minimum Gasteiger partial charge on any atom is -0.394 e. The molecule has 12 heteroatoms. The normalized spacial score (nSPS) is 21.8. The number of nitrogens with two attached hydrogens (primary N) is 1. The van der Waals surface area contributed by atoms with Crippen molar-refractivity contribution in [1.29, 1.82) is 0 Å². The molecule has 0 spiro atoms. The first-order valence-corrected chi connectivity index (χ1v) is 11.1. The molecule has 36 heavy (non-hydrogen) atoms. The molecule has 2 unspecified atom stereocenters. The van der Waals surface area contributed by atoms with Gasteiger partial charge in [0.1, 0.15) is 11.5 Å². The number of nitrogens with one attached hydrogen (secondary N) is 1. The molecule has 2 atom stereocenters. The molecular weight excluding hydrogens is 488 g/mol. The quantitative estimate of drug-likeness (QED) is 0.235. The smallest absolute Gasteiger partial charge is 0.394 e. The summed E-state index contributed by atoms with van der Waals surface area (Å²) in [6.45, 7) is 1.68. The number of alkyl halides is 5. The second-order valence-corrected chi connectivity index (χ2v) is 8.42. The minimum atomic E-state index is -4.54. The highest BCUT2D eigenvalue weighted by Crippen LogP contribution is 2.35. The van der Waals surface area contributed by atoms with Crippen LogP contribution in [-0.2, 0) is 4.79 Å². The van der Waals surface area contributed by atoms with Crippen molar-refractivity contribution >= 4 is 23.9 Å². The number of carbonyl (C=O) groups is 1. The van der Waals surface area contributed by atoms with Gasteiger partial charge in [-0.15, -0.1) is 0 Å². The molecule has 1 saturated heterocycles. The maximum Gasteiger partial charge on any atom is 0.417 e. The van der Waals surface area contributed by atoms with Crippen molar-refractivity contribution in [3.63, 3.8) is 0 Å². The number of carbonyl (C=O) groups excluding carboxylic acids is 1. The standard InChI is InChI=1S/C24H29F6N5O/c1-4-17(24(28,29)30)10-33-14-34-12-20-15(2)9-23(26,27)13-35(20)22(36)21(31)19(11-32-3)16-5-7-18(25)8-6-16/h4-8,10-11,15,20,34H,9,12-14,31H2,1-3H3/b17-4+,21-19?,32-11?,33-10?. The third kappa shape index (κ3) is 7.67. The first-order chi connectivity index (χ1) is 16.8. The SMILES string of the molecule is C/C=C(\C=NCNCC1C(C)CC(F)(F)CN1C(=O)C(N)=C(C=NC)c1ccc(F)cc1)C(F)(F)F. The number of nitrogens with zero attached hydrogens (tertiary/aromatic N) is 3. The van der Waals surface area contributed by atoms with Gasteiger partial charge in [0.05, 0.1) is 18.8 Å². The summed E-state index contributed by atoms with van der Waals surface area (Å²) in [5.74, 6) is -5.18. The van der Waals surface area contributed by atoms with Crippen molar-refractivity contribution in [3.8, 4) is 0 Å². The van der Waals surface area contributed by atoms with Gasteiger partial charge in [0, 0.05) is 44.1 Å². The molecular formula is C24H29F6N5O. The maximum atomic E-state index is 14.4. The van der Waals surface area contributed by atoms with Crippen LogP contribution >= 0.6 is 0 Å². The average Bonchev–Trinajstić information content (AvgIpc) is 2.79. The van der Waals surface area contributed by atoms with Gasteiger partial charge in [-0.25, -0.2) is 13.2 Å². The summed E-state index contributed by atoms with van der Waals surface area (Å²) < 4.78 is 80.5. The van der Waals surface area contributed by atoms with Crippen molar-refractivity contribution < 1.29 is 31.1 Å². The van der Waals surface area contributed by atoms with E-state index in [1.165, 1.54) is 44.5 Å². The van der Waals surface area contributed by atoms with Gasteiger partial charge < -0.3 is 10.6 Å². The molecule has 1 fully saturated rings. The number of hydrogen-bond donors (Lipinski definition) is 2. The Labute approximate surface area is 205 Å². The highest BCUT2D eigenvalue weighted by atomic mass is 19.4. The lowest BCUT2D eigenvalue weighted by Crippen LogP contribution is -2.59. The third-order valence-corrected chi connectivity index (χ3v) is 5.70. The van der Waals surface area contributed by atoms with Gasteiger partial charge in [0.25, 0.3) is 11.8 Å². The molecule has 0 aliphatic carbocycles. The number of rotatable bonds is 8. The Hall–Kier alpha value is -3.15. The van der Waals surface area contributed by atoms with Crippen LogP contribution in [0, 0.1) is 11.7 Å². The molecule has 0 radical (unpaired) electrons. The number of benzene rings is 1. The second kappa shape index (κ2) is 12.2. The molecule has 0 bridgehead atoms. The van der Waals surface area contributed by atoms with Crippen molar-refractivity contribution in [2.45, 2.75) is 38.4 Å². The second-order valence-electron chi connectivity index (χ2n) is 8.42. The first kappa shape index (κ1) is 29.1. The van der Waals surface area contributed by atoms with Gasteiger partial charge in [0.15, 0.2) is 0 Å². The van der Waals surface area contributed by atoms with E-state index >= 15 is 0 Å². The lowest BCUT2D eigenvalue weighted by Gasteiger charge is -2.43. The van der Waals surface area contributed by atoms with Crippen molar-refractivity contribution in [3.05, 3.63) is 53.0 Å². The lowest BCUT2D eigenvalue weighted by atomic mass is 9.88. The van der Waals surface area contributed by atoms with Gasteiger partial charge in [-0.1, -0.05) is 25.1 Å². The van der Waals surface area contributed by atoms with Crippen LogP contribution < -0.4 is 11.1 Å². The van der Waals surface area contributed by atoms with Crippen LogP contribution in [0.15, 0.2) is 51.6 Å². The van der Waals surface area contributed by atoms with Crippen molar-refractivity contribution in [2.24, 2.45) is 21.6 Å². The minimum absolute atomic E-state index is 0.00144. The molecule has 0 aromatic heterocycles. The van der Waals surface area contributed by atoms with Crippen molar-refractivity contribution in [1.82, 2.24) is 10.2 Å². The van der Waals surface area contributed by atoms with Crippen LogP contribution in [-0.4, -0.2) is 68.2 Å². The summed E-state index contributed by atoms with van der Waals surface area (Å²) in [6, 6.07) is 4.37. The lowest BCUT2D eigenvalue weighted by molar-refractivity contribution is -0.148. The summed E-state index contributed by atoms with van der Waals surface area (Å²) in [7, 11) is 1.43. The number of hydrogen-bond acceptors (Lipinski definition) is 5. The molecule has 1 aromatic carbocycles. The summed E-state index contributed by atoms with van der Waals surface area (Å²) in [5.41, 5.74) is 5.37. The van der Waals surface area contributed by atoms with Crippen LogP contribution in [0.3, 0.4) is 0 Å². The van der Waals surface area contributed by atoms with Crippen LogP contribution in [0.25, 0.3) is 5.57 Å². The van der Waals surface area contributed by atoms with Gasteiger partial charge in [-0.3, -0.25) is 20.1 Å². The van der Waals surface area contributed by atoms with Crippen LogP contribution in [0.4, 0.5) is 26.3 Å². The van der Waals surface area contributed by atoms with Gasteiger partial charge >= 0.3 is 6.18 Å². The zero-order valence-corrected chi connectivity index (χ0v) is 20.1. The zero-order valence-electron chi connectivity index (χ0n) is 20.1. The van der Waals surface area contributed by atoms with E-state index in [1.807, 2.05) is 0 Å². The molecule has 6 nitrogen and oxygen atoms in total. The van der Waals surface area contributed by atoms with E-state index in [9.17, 15) is 31.1 Å². The number of piperidine rings is 1. The molecule has 0 saturated carbocycles. The molecule has 1 heterocycles. The molecule has 2 rings (SSSR count). The Bertz CT molecular complexity index is 1030. The number of aliphatic imine (C=N–C) groups is 2. The fourth-order valence-corrected chi connectivity index (χ4v) is 3.94. The molecule has 3 N–H and O–H groups in total. The molecule has 1 aliphatic heterocycles. The fourth-order valence-electron chi connectivity index (χ4n) is 3.94. The van der Waals surface area contributed by atoms with Gasteiger partial charge in [-0.2, -0.15) is 13.2 Å². The van der Waals surface area contributed by atoms with E-state index in [1.54, 1.807) is 6.92 Å². The Balaban J connectivity index is 2.27. The van der Waals surface area contributed by atoms with E-state index < -0.39 is 54.3 Å². The van der Waals surface area contributed by atoms with E-state index in [-0.39, 0.29) is 24.5 Å². The van der Waals surface area contributed by atoms with Crippen LogP contribution in [0.5, 0.6) is 0 Å². The summed E-state index contributed by atoms with van der Waals surface area (Å²) >= 11 is 0. The number of allylic oxidation sites excluding steroid dienone is 3. The Morgan fingerprint density at radius 3 is 2.44 bits per heavy atom. The largest absolute Gasteiger partial charge is 0.417 e.